The fraction of sp³-hybridized carbons (Fsp3) is 0.692. The topological polar surface area (TPSA) is 87.8 Å². The summed E-state index contributed by atoms with van der Waals surface area (Å²) in [4.78, 5) is 13.9. The van der Waals surface area contributed by atoms with Crippen molar-refractivity contribution in [2.45, 2.75) is 25.9 Å². The summed E-state index contributed by atoms with van der Waals surface area (Å²) in [7, 11) is 0. The third-order valence-corrected chi connectivity index (χ3v) is 3.24. The summed E-state index contributed by atoms with van der Waals surface area (Å²) >= 11 is 0. The molecule has 0 atom stereocenters. The van der Waals surface area contributed by atoms with Gasteiger partial charge in [0.05, 0.1) is 31.6 Å². The molecule has 2 N–H and O–H groups in total. The molecule has 1 aliphatic rings. The van der Waals surface area contributed by atoms with Gasteiger partial charge in [0.15, 0.2) is 0 Å². The maximum absolute atomic E-state index is 11.8. The van der Waals surface area contributed by atoms with Gasteiger partial charge in [-0.25, -0.2) is 0 Å². The molecular weight excluding hydrogens is 262 g/mol. The van der Waals surface area contributed by atoms with E-state index in [1.807, 2.05) is 0 Å². The largest absolute Gasteiger partial charge is 0.394 e. The molecule has 0 saturated carbocycles. The minimum absolute atomic E-state index is 0.0548. The number of hydrogen-bond donors (Lipinski definition) is 2. The van der Waals surface area contributed by atoms with E-state index >= 15 is 0 Å². The van der Waals surface area contributed by atoms with E-state index in [0.717, 1.165) is 31.6 Å². The van der Waals surface area contributed by atoms with Crippen molar-refractivity contribution in [3.05, 3.63) is 11.8 Å². The van der Waals surface area contributed by atoms with Crippen LogP contribution in [0.25, 0.3) is 0 Å². The summed E-state index contributed by atoms with van der Waals surface area (Å²) in [5, 5.41) is 15.1. The number of rotatable bonds is 6. The van der Waals surface area contributed by atoms with E-state index in [-0.39, 0.29) is 18.6 Å². The number of nitrogens with zero attached hydrogens (tertiary/aromatic N) is 2. The highest BCUT2D eigenvalue weighted by atomic mass is 16.5. The predicted molar refractivity (Wildman–Crippen MR) is 72.4 cm³/mol. The van der Waals surface area contributed by atoms with Gasteiger partial charge in [-0.15, -0.1) is 0 Å². The molecule has 2 rings (SSSR count). The summed E-state index contributed by atoms with van der Waals surface area (Å²) < 4.78 is 10.4. The Bertz CT molecular complexity index is 427. The average molecular weight is 283 g/mol. The normalized spacial score (nSPS) is 17.3. The van der Waals surface area contributed by atoms with Gasteiger partial charge in [0.2, 0.25) is 11.8 Å². The second-order valence-corrected chi connectivity index (χ2v) is 4.95. The number of aryl methyl sites for hydroxylation is 1. The Hall–Kier alpha value is -1.44. The fourth-order valence-corrected chi connectivity index (χ4v) is 2.26. The monoisotopic (exact) mass is 283 g/mol. The first kappa shape index (κ1) is 15.0. The van der Waals surface area contributed by atoms with Crippen LogP contribution in [0.15, 0.2) is 10.6 Å². The Morgan fingerprint density at radius 3 is 2.95 bits per heavy atom. The molecule has 0 aromatic carbocycles. The van der Waals surface area contributed by atoms with Crippen LogP contribution in [-0.4, -0.2) is 60.0 Å². The van der Waals surface area contributed by atoms with Crippen molar-refractivity contribution >= 4 is 11.8 Å². The number of carbonyl (C=O) groups is 1. The number of anilines is 1. The molecule has 1 fully saturated rings. The number of hydrogen-bond acceptors (Lipinski definition) is 6. The van der Waals surface area contributed by atoms with E-state index in [0.29, 0.717) is 19.0 Å². The highest BCUT2D eigenvalue weighted by Gasteiger charge is 2.21. The molecule has 2 heterocycles. The SMILES string of the molecule is Cc1cc(NC(=O)CN2CCC(OCCO)CC2)on1. The van der Waals surface area contributed by atoms with Crippen molar-refractivity contribution in [2.75, 3.05) is 38.2 Å². The number of likely N-dealkylation sites (tertiary alicyclic amines) is 1. The molecule has 112 valence electrons. The quantitative estimate of drug-likeness (QED) is 0.785. The molecule has 1 saturated heterocycles. The van der Waals surface area contributed by atoms with Gasteiger partial charge in [-0.2, -0.15) is 0 Å². The Balaban J connectivity index is 1.68. The molecule has 7 heteroatoms. The lowest BCUT2D eigenvalue weighted by Gasteiger charge is -2.31. The fourth-order valence-electron chi connectivity index (χ4n) is 2.26. The predicted octanol–water partition coefficient (Wildman–Crippen LogP) is 0.395. The van der Waals surface area contributed by atoms with Crippen molar-refractivity contribution in [3.8, 4) is 0 Å². The molecule has 0 spiro atoms. The van der Waals surface area contributed by atoms with Crippen LogP contribution in [0.2, 0.25) is 0 Å². The van der Waals surface area contributed by atoms with E-state index in [2.05, 4.69) is 15.4 Å². The summed E-state index contributed by atoms with van der Waals surface area (Å²) in [5.41, 5.74) is 0.738. The van der Waals surface area contributed by atoms with Crippen LogP contribution in [0.5, 0.6) is 0 Å². The van der Waals surface area contributed by atoms with E-state index < -0.39 is 0 Å². The number of ether oxygens (including phenoxy) is 1. The minimum atomic E-state index is -0.101. The van der Waals surface area contributed by atoms with Crippen molar-refractivity contribution in [1.82, 2.24) is 10.1 Å². The molecule has 0 unspecified atom stereocenters. The molecule has 1 aromatic rings. The van der Waals surface area contributed by atoms with E-state index in [1.165, 1.54) is 0 Å². The van der Waals surface area contributed by atoms with Gasteiger partial charge in [0.25, 0.3) is 0 Å². The molecule has 0 radical (unpaired) electrons. The van der Waals surface area contributed by atoms with Crippen LogP contribution in [0.1, 0.15) is 18.5 Å². The Morgan fingerprint density at radius 2 is 2.35 bits per heavy atom. The number of piperidine rings is 1. The Morgan fingerprint density at radius 1 is 1.60 bits per heavy atom. The second kappa shape index (κ2) is 7.37. The molecule has 1 aliphatic heterocycles. The number of carbonyl (C=O) groups excluding carboxylic acids is 1. The van der Waals surface area contributed by atoms with Crippen LogP contribution in [0.4, 0.5) is 5.88 Å². The number of aromatic nitrogens is 1. The first-order chi connectivity index (χ1) is 9.67. The van der Waals surface area contributed by atoms with Crippen LogP contribution >= 0.6 is 0 Å². The number of nitrogens with one attached hydrogen (secondary N) is 1. The highest BCUT2D eigenvalue weighted by molar-refractivity contribution is 5.90. The lowest BCUT2D eigenvalue weighted by atomic mass is 10.1. The van der Waals surface area contributed by atoms with Gasteiger partial charge < -0.3 is 14.4 Å². The molecule has 1 amide bonds. The zero-order valence-electron chi connectivity index (χ0n) is 11.7. The molecule has 0 aliphatic carbocycles. The zero-order valence-corrected chi connectivity index (χ0v) is 11.7. The van der Waals surface area contributed by atoms with Gasteiger partial charge in [-0.05, 0) is 19.8 Å². The van der Waals surface area contributed by atoms with E-state index in [4.69, 9.17) is 14.4 Å². The first-order valence-corrected chi connectivity index (χ1v) is 6.85. The van der Waals surface area contributed by atoms with Gasteiger partial charge in [-0.3, -0.25) is 15.0 Å². The molecular formula is C13H21N3O4. The van der Waals surface area contributed by atoms with Gasteiger partial charge in [0, 0.05) is 19.2 Å². The summed E-state index contributed by atoms with van der Waals surface area (Å²) in [5.74, 6) is 0.282. The van der Waals surface area contributed by atoms with Crippen LogP contribution in [0, 0.1) is 6.92 Å². The second-order valence-electron chi connectivity index (χ2n) is 4.95. The Kier molecular flexibility index (Phi) is 5.51. The summed E-state index contributed by atoms with van der Waals surface area (Å²) in [6, 6.07) is 1.69. The molecule has 7 nitrogen and oxygen atoms in total. The van der Waals surface area contributed by atoms with Crippen LogP contribution in [0.3, 0.4) is 0 Å². The molecule has 0 bridgehead atoms. The average Bonchev–Trinajstić information content (AvgIpc) is 2.83. The maximum atomic E-state index is 11.8. The first-order valence-electron chi connectivity index (χ1n) is 6.85. The van der Waals surface area contributed by atoms with Crippen LogP contribution in [-0.2, 0) is 9.53 Å². The van der Waals surface area contributed by atoms with Gasteiger partial charge in [-0.1, -0.05) is 5.16 Å². The smallest absolute Gasteiger partial charge is 0.240 e. The molecule has 20 heavy (non-hydrogen) atoms. The van der Waals surface area contributed by atoms with Gasteiger partial charge >= 0.3 is 0 Å². The number of amides is 1. The van der Waals surface area contributed by atoms with E-state index in [9.17, 15) is 4.79 Å². The van der Waals surface area contributed by atoms with E-state index in [1.54, 1.807) is 13.0 Å². The Labute approximate surface area is 117 Å². The zero-order chi connectivity index (χ0) is 14.4. The van der Waals surface area contributed by atoms with Gasteiger partial charge in [0.1, 0.15) is 0 Å². The van der Waals surface area contributed by atoms with Crippen molar-refractivity contribution in [3.63, 3.8) is 0 Å². The van der Waals surface area contributed by atoms with Crippen LogP contribution < -0.4 is 5.32 Å². The summed E-state index contributed by atoms with van der Waals surface area (Å²) in [6.07, 6.45) is 1.96. The minimum Gasteiger partial charge on any atom is -0.394 e. The standard InChI is InChI=1S/C13H21N3O4/c1-10-8-13(20-15-10)14-12(18)9-16-4-2-11(3-5-16)19-7-6-17/h8,11,17H,2-7,9H2,1H3,(H,14,18). The van der Waals surface area contributed by atoms with Crippen molar-refractivity contribution in [2.24, 2.45) is 0 Å². The maximum Gasteiger partial charge on any atom is 0.240 e. The van der Waals surface area contributed by atoms with Crippen molar-refractivity contribution in [1.29, 1.82) is 0 Å². The number of aliphatic hydroxyl groups excluding tert-OH is 1. The molecule has 1 aromatic heterocycles. The third kappa shape index (κ3) is 4.59. The number of aliphatic hydroxyl groups is 1. The highest BCUT2D eigenvalue weighted by Crippen LogP contribution is 2.14. The van der Waals surface area contributed by atoms with Crippen molar-refractivity contribution < 1.29 is 19.2 Å². The lowest BCUT2D eigenvalue weighted by molar-refractivity contribution is -0.118. The summed E-state index contributed by atoms with van der Waals surface area (Å²) in [6.45, 7) is 4.22. The lowest BCUT2D eigenvalue weighted by Crippen LogP contribution is -2.41. The third-order valence-electron chi connectivity index (χ3n) is 3.24.